The molecule has 0 spiro atoms. The maximum Gasteiger partial charge on any atom is 0.0805 e. The third-order valence-electron chi connectivity index (χ3n) is 1.08. The van der Waals surface area contributed by atoms with E-state index in [0.29, 0.717) is 0 Å². The van der Waals surface area contributed by atoms with Crippen molar-refractivity contribution in [3.63, 3.8) is 0 Å². The maximum absolute atomic E-state index is 4.95. The van der Waals surface area contributed by atoms with Crippen molar-refractivity contribution in [3.8, 4) is 0 Å². The van der Waals surface area contributed by atoms with Gasteiger partial charge in [0.15, 0.2) is 0 Å². The summed E-state index contributed by atoms with van der Waals surface area (Å²) in [5.74, 6) is 0. The van der Waals surface area contributed by atoms with E-state index in [9.17, 15) is 0 Å². The second kappa shape index (κ2) is 2.99. The molecule has 2 heteroatoms. The van der Waals surface area contributed by atoms with Gasteiger partial charge in [-0.2, -0.15) is 0 Å². The minimum Gasteiger partial charge on any atom is -0.379 e. The van der Waals surface area contributed by atoms with Crippen molar-refractivity contribution in [2.24, 2.45) is 0 Å². The molecule has 0 aliphatic carbocycles. The Bertz CT molecular complexity index is 181. The molecular weight excluding hydrogens is 132 g/mol. The van der Waals surface area contributed by atoms with Crippen LogP contribution in [-0.4, -0.2) is 7.11 Å². The van der Waals surface area contributed by atoms with Gasteiger partial charge in [0.25, 0.3) is 0 Å². The van der Waals surface area contributed by atoms with Crippen LogP contribution in [0.25, 0.3) is 0 Å². The molecule has 9 heavy (non-hydrogen) atoms. The van der Waals surface area contributed by atoms with Gasteiger partial charge >= 0.3 is 0 Å². The van der Waals surface area contributed by atoms with Crippen molar-refractivity contribution in [2.45, 2.75) is 13.5 Å². The summed E-state index contributed by atoms with van der Waals surface area (Å²) in [6, 6.07) is 4.21. The lowest BCUT2D eigenvalue weighted by Gasteiger charge is -1.89. The molecule has 1 aromatic heterocycles. The van der Waals surface area contributed by atoms with E-state index in [2.05, 4.69) is 19.1 Å². The molecule has 0 atom stereocenters. The minimum atomic E-state index is 0.749. The molecule has 0 N–H and O–H groups in total. The fraction of sp³-hybridized carbons (Fsp3) is 0.429. The Hall–Kier alpha value is -0.340. The Morgan fingerprint density at radius 3 is 2.78 bits per heavy atom. The van der Waals surface area contributed by atoms with Crippen LogP contribution in [0.1, 0.15) is 9.75 Å². The highest BCUT2D eigenvalue weighted by molar-refractivity contribution is 7.11. The molecule has 0 unspecified atom stereocenters. The first-order chi connectivity index (χ1) is 4.33. The molecule has 0 fully saturated rings. The smallest absolute Gasteiger partial charge is 0.0805 e. The van der Waals surface area contributed by atoms with Crippen molar-refractivity contribution in [1.82, 2.24) is 0 Å². The molecule has 50 valence electrons. The fourth-order valence-electron chi connectivity index (χ4n) is 0.705. The zero-order valence-electron chi connectivity index (χ0n) is 5.68. The number of hydrogen-bond donors (Lipinski definition) is 0. The molecule has 0 amide bonds. The first-order valence-corrected chi connectivity index (χ1v) is 3.69. The summed E-state index contributed by atoms with van der Waals surface area (Å²) in [7, 11) is 1.72. The van der Waals surface area contributed by atoms with E-state index in [0.717, 1.165) is 6.61 Å². The summed E-state index contributed by atoms with van der Waals surface area (Å²) in [6.07, 6.45) is 0. The first-order valence-electron chi connectivity index (χ1n) is 2.87. The van der Waals surface area contributed by atoms with Gasteiger partial charge in [0.1, 0.15) is 0 Å². The average molecular weight is 142 g/mol. The summed E-state index contributed by atoms with van der Waals surface area (Å²) >= 11 is 1.79. The molecule has 1 nitrogen and oxygen atoms in total. The Balaban J connectivity index is 2.61. The lowest BCUT2D eigenvalue weighted by Crippen LogP contribution is -1.79. The highest BCUT2D eigenvalue weighted by atomic mass is 32.1. The van der Waals surface area contributed by atoms with Crippen molar-refractivity contribution in [2.75, 3.05) is 7.11 Å². The van der Waals surface area contributed by atoms with Crippen LogP contribution >= 0.6 is 11.3 Å². The van der Waals surface area contributed by atoms with Gasteiger partial charge in [-0.05, 0) is 19.1 Å². The number of hydrogen-bond acceptors (Lipinski definition) is 2. The number of methoxy groups -OCH3 is 1. The Morgan fingerprint density at radius 2 is 2.33 bits per heavy atom. The van der Waals surface area contributed by atoms with E-state index in [-0.39, 0.29) is 0 Å². The molecule has 0 bridgehead atoms. The van der Waals surface area contributed by atoms with Crippen molar-refractivity contribution >= 4 is 11.3 Å². The predicted octanol–water partition coefficient (Wildman–Crippen LogP) is 2.20. The fourth-order valence-corrected chi connectivity index (χ4v) is 1.57. The Labute approximate surface area is 59.3 Å². The van der Waals surface area contributed by atoms with Crippen LogP contribution in [-0.2, 0) is 11.3 Å². The highest BCUT2D eigenvalue weighted by Crippen LogP contribution is 2.14. The van der Waals surface area contributed by atoms with Crippen molar-refractivity contribution < 1.29 is 4.74 Å². The molecule has 0 saturated heterocycles. The first kappa shape index (κ1) is 6.78. The molecule has 1 rings (SSSR count). The zero-order chi connectivity index (χ0) is 6.69. The lowest BCUT2D eigenvalue weighted by atomic mass is 10.4. The SMILES string of the molecule is COCc1ccc(C)s1. The topological polar surface area (TPSA) is 9.23 Å². The van der Waals surface area contributed by atoms with Gasteiger partial charge in [-0.25, -0.2) is 0 Å². The van der Waals surface area contributed by atoms with Crippen molar-refractivity contribution in [3.05, 3.63) is 21.9 Å². The zero-order valence-corrected chi connectivity index (χ0v) is 6.49. The van der Waals surface area contributed by atoms with E-state index in [4.69, 9.17) is 4.74 Å². The van der Waals surface area contributed by atoms with E-state index < -0.39 is 0 Å². The summed E-state index contributed by atoms with van der Waals surface area (Å²) in [4.78, 5) is 2.65. The number of thiophene rings is 1. The van der Waals surface area contributed by atoms with Crippen LogP contribution in [0.5, 0.6) is 0 Å². The van der Waals surface area contributed by atoms with Crippen molar-refractivity contribution in [1.29, 1.82) is 0 Å². The Kier molecular flexibility index (Phi) is 2.25. The molecule has 0 aliphatic heterocycles. The summed E-state index contributed by atoms with van der Waals surface area (Å²) in [6.45, 7) is 2.85. The van der Waals surface area contributed by atoms with Gasteiger partial charge in [-0.15, -0.1) is 11.3 Å². The van der Waals surface area contributed by atoms with Crippen LogP contribution in [0, 0.1) is 6.92 Å². The van der Waals surface area contributed by atoms with Gasteiger partial charge in [-0.1, -0.05) is 0 Å². The van der Waals surface area contributed by atoms with Gasteiger partial charge in [0, 0.05) is 16.9 Å². The third-order valence-corrected chi connectivity index (χ3v) is 2.06. The molecule has 0 aromatic carbocycles. The van der Waals surface area contributed by atoms with E-state index in [1.807, 2.05) is 0 Å². The molecule has 0 radical (unpaired) electrons. The monoisotopic (exact) mass is 142 g/mol. The normalized spacial score (nSPS) is 10.0. The van der Waals surface area contributed by atoms with Gasteiger partial charge in [0.2, 0.25) is 0 Å². The third kappa shape index (κ3) is 1.80. The number of rotatable bonds is 2. The second-order valence-electron chi connectivity index (χ2n) is 1.95. The summed E-state index contributed by atoms with van der Waals surface area (Å²) in [5.41, 5.74) is 0. The van der Waals surface area contributed by atoms with E-state index in [1.54, 1.807) is 18.4 Å². The molecule has 0 aliphatic rings. The van der Waals surface area contributed by atoms with E-state index >= 15 is 0 Å². The molecule has 0 saturated carbocycles. The minimum absolute atomic E-state index is 0.749. The summed E-state index contributed by atoms with van der Waals surface area (Å²) in [5, 5.41) is 0. The standard InChI is InChI=1S/C7H10OS/c1-6-3-4-7(9-6)5-8-2/h3-4H,5H2,1-2H3. The van der Waals surface area contributed by atoms with Gasteiger partial charge < -0.3 is 4.74 Å². The molecule has 1 aromatic rings. The molecular formula is C7H10OS. The van der Waals surface area contributed by atoms with Crippen LogP contribution in [0.2, 0.25) is 0 Å². The van der Waals surface area contributed by atoms with E-state index in [1.165, 1.54) is 9.75 Å². The lowest BCUT2D eigenvalue weighted by molar-refractivity contribution is 0.187. The number of aryl methyl sites for hydroxylation is 1. The predicted molar refractivity (Wildman–Crippen MR) is 39.8 cm³/mol. The molecule has 1 heterocycles. The van der Waals surface area contributed by atoms with Gasteiger partial charge in [-0.3, -0.25) is 0 Å². The van der Waals surface area contributed by atoms with Crippen LogP contribution in [0.3, 0.4) is 0 Å². The maximum atomic E-state index is 4.95. The Morgan fingerprint density at radius 1 is 1.56 bits per heavy atom. The average Bonchev–Trinajstić information content (AvgIpc) is 2.17. The van der Waals surface area contributed by atoms with Gasteiger partial charge in [0.05, 0.1) is 6.61 Å². The summed E-state index contributed by atoms with van der Waals surface area (Å²) < 4.78 is 4.95. The van der Waals surface area contributed by atoms with Crippen LogP contribution in [0.4, 0.5) is 0 Å². The highest BCUT2D eigenvalue weighted by Gasteiger charge is 1.92. The largest absolute Gasteiger partial charge is 0.379 e. The second-order valence-corrected chi connectivity index (χ2v) is 3.32. The van der Waals surface area contributed by atoms with Crippen LogP contribution < -0.4 is 0 Å². The van der Waals surface area contributed by atoms with Crippen LogP contribution in [0.15, 0.2) is 12.1 Å². The number of ether oxygens (including phenoxy) is 1. The quantitative estimate of drug-likeness (QED) is 0.615.